The molecular formula is C20H29NO2S2. The maximum Gasteiger partial charge on any atom is 0.233 e. The molecule has 0 radical (unpaired) electrons. The van der Waals surface area contributed by atoms with Crippen LogP contribution < -0.4 is 0 Å². The molecule has 138 valence electrons. The summed E-state index contributed by atoms with van der Waals surface area (Å²) in [6.45, 7) is 11.0. The number of benzene rings is 1. The normalized spacial score (nSPS) is 20.4. The van der Waals surface area contributed by atoms with Gasteiger partial charge in [-0.2, -0.15) is 0 Å². The zero-order valence-corrected chi connectivity index (χ0v) is 17.4. The summed E-state index contributed by atoms with van der Waals surface area (Å²) < 4.78 is 6.87. The number of hydrogen-bond donors (Lipinski definition) is 0. The number of carbonyl (C=O) groups is 1. The van der Waals surface area contributed by atoms with Gasteiger partial charge >= 0.3 is 0 Å². The van der Waals surface area contributed by atoms with Crippen LogP contribution >= 0.6 is 24.0 Å². The molecule has 2 rings (SSSR count). The predicted octanol–water partition coefficient (Wildman–Crippen LogP) is 4.75. The van der Waals surface area contributed by atoms with Gasteiger partial charge in [0, 0.05) is 11.8 Å². The van der Waals surface area contributed by atoms with Crippen LogP contribution in [0.5, 0.6) is 0 Å². The van der Waals surface area contributed by atoms with Crippen molar-refractivity contribution in [1.82, 2.24) is 4.90 Å². The average Bonchev–Trinajstić information content (AvgIpc) is 2.96. The smallest absolute Gasteiger partial charge is 0.233 e. The second-order valence-corrected chi connectivity index (χ2v) is 9.04. The first-order chi connectivity index (χ1) is 11.8. The van der Waals surface area contributed by atoms with Crippen LogP contribution in [-0.4, -0.2) is 33.0 Å². The van der Waals surface area contributed by atoms with Crippen molar-refractivity contribution in [3.63, 3.8) is 0 Å². The van der Waals surface area contributed by atoms with Gasteiger partial charge in [0.25, 0.3) is 0 Å². The SMILES string of the molecule is CC(C)[C@H]1CSC(=S)N1C(=O)[C@H](C)[C@@H](OCc1ccccc1)C(C)C. The molecule has 1 aliphatic rings. The van der Waals surface area contributed by atoms with E-state index in [0.29, 0.717) is 16.8 Å². The van der Waals surface area contributed by atoms with Gasteiger partial charge in [-0.3, -0.25) is 9.69 Å². The number of hydrogen-bond acceptors (Lipinski definition) is 4. The van der Waals surface area contributed by atoms with Gasteiger partial charge in [-0.15, -0.1) is 0 Å². The Morgan fingerprint density at radius 2 is 1.88 bits per heavy atom. The summed E-state index contributed by atoms with van der Waals surface area (Å²) in [5.41, 5.74) is 1.13. The minimum atomic E-state index is -0.221. The quantitative estimate of drug-likeness (QED) is 0.640. The molecule has 1 aromatic rings. The highest BCUT2D eigenvalue weighted by atomic mass is 32.2. The van der Waals surface area contributed by atoms with Crippen LogP contribution in [0.4, 0.5) is 0 Å². The van der Waals surface area contributed by atoms with E-state index >= 15 is 0 Å². The molecule has 0 N–H and O–H groups in total. The van der Waals surface area contributed by atoms with E-state index in [1.807, 2.05) is 42.2 Å². The van der Waals surface area contributed by atoms with E-state index in [1.165, 1.54) is 0 Å². The van der Waals surface area contributed by atoms with Gasteiger partial charge in [0.05, 0.1) is 18.6 Å². The number of ether oxygens (including phenoxy) is 1. The number of nitrogens with zero attached hydrogens (tertiary/aromatic N) is 1. The molecule has 1 heterocycles. The van der Waals surface area contributed by atoms with Crippen molar-refractivity contribution in [3.05, 3.63) is 35.9 Å². The van der Waals surface area contributed by atoms with Crippen molar-refractivity contribution in [3.8, 4) is 0 Å². The topological polar surface area (TPSA) is 29.5 Å². The Kier molecular flexibility index (Phi) is 7.47. The molecule has 1 aromatic carbocycles. The molecule has 1 saturated heterocycles. The first kappa shape index (κ1) is 20.4. The molecule has 0 aromatic heterocycles. The summed E-state index contributed by atoms with van der Waals surface area (Å²) in [5, 5.41) is 0. The van der Waals surface area contributed by atoms with Crippen molar-refractivity contribution >= 4 is 34.2 Å². The van der Waals surface area contributed by atoms with E-state index < -0.39 is 0 Å². The fourth-order valence-corrected chi connectivity index (χ4v) is 4.86. The highest BCUT2D eigenvalue weighted by molar-refractivity contribution is 8.23. The van der Waals surface area contributed by atoms with E-state index in [-0.39, 0.29) is 29.9 Å². The van der Waals surface area contributed by atoms with E-state index in [9.17, 15) is 4.79 Å². The monoisotopic (exact) mass is 379 g/mol. The molecule has 1 amide bonds. The average molecular weight is 380 g/mol. The fraction of sp³-hybridized carbons (Fsp3) is 0.600. The van der Waals surface area contributed by atoms with Gasteiger partial charge in [0.2, 0.25) is 5.91 Å². The first-order valence-electron chi connectivity index (χ1n) is 8.98. The van der Waals surface area contributed by atoms with Crippen molar-refractivity contribution in [2.24, 2.45) is 17.8 Å². The summed E-state index contributed by atoms with van der Waals surface area (Å²) in [7, 11) is 0. The van der Waals surface area contributed by atoms with Crippen molar-refractivity contribution in [1.29, 1.82) is 0 Å². The number of rotatable bonds is 7. The first-order valence-corrected chi connectivity index (χ1v) is 10.4. The zero-order chi connectivity index (χ0) is 18.6. The molecule has 0 aliphatic carbocycles. The van der Waals surface area contributed by atoms with Gasteiger partial charge in [0.15, 0.2) is 0 Å². The van der Waals surface area contributed by atoms with Crippen LogP contribution in [0, 0.1) is 17.8 Å². The third-order valence-electron chi connectivity index (χ3n) is 4.74. The third kappa shape index (κ3) is 5.05. The minimum Gasteiger partial charge on any atom is -0.372 e. The molecule has 0 saturated carbocycles. The van der Waals surface area contributed by atoms with Crippen LogP contribution in [0.2, 0.25) is 0 Å². The molecule has 0 bridgehead atoms. The number of thioether (sulfide) groups is 1. The van der Waals surface area contributed by atoms with Crippen LogP contribution in [0.25, 0.3) is 0 Å². The second-order valence-electron chi connectivity index (χ2n) is 7.39. The molecule has 25 heavy (non-hydrogen) atoms. The van der Waals surface area contributed by atoms with Gasteiger partial charge in [-0.1, -0.05) is 88.9 Å². The Bertz CT molecular complexity index is 589. The lowest BCUT2D eigenvalue weighted by Gasteiger charge is -2.33. The molecular weight excluding hydrogens is 350 g/mol. The Labute approximate surface area is 161 Å². The highest BCUT2D eigenvalue weighted by Gasteiger charge is 2.40. The summed E-state index contributed by atoms with van der Waals surface area (Å²) in [6, 6.07) is 10.3. The summed E-state index contributed by atoms with van der Waals surface area (Å²) in [4.78, 5) is 15.0. The standard InChI is InChI=1S/C20H29NO2S2/c1-13(2)17-12-25-20(24)21(17)19(22)15(5)18(14(3)4)23-11-16-9-7-6-8-10-16/h6-10,13-15,17-18H,11-12H2,1-5H3/t15-,17-,18+/m1/s1. The van der Waals surface area contributed by atoms with Crippen molar-refractivity contribution < 1.29 is 9.53 Å². The number of thiocarbonyl (C=S) groups is 1. The summed E-state index contributed by atoms with van der Waals surface area (Å²) >= 11 is 7.07. The van der Waals surface area contributed by atoms with Crippen LogP contribution in [0.15, 0.2) is 30.3 Å². The predicted molar refractivity (Wildman–Crippen MR) is 110 cm³/mol. The third-order valence-corrected chi connectivity index (χ3v) is 6.24. The second kappa shape index (κ2) is 9.15. The largest absolute Gasteiger partial charge is 0.372 e. The van der Waals surface area contributed by atoms with E-state index in [0.717, 1.165) is 11.3 Å². The summed E-state index contributed by atoms with van der Waals surface area (Å²) in [6.07, 6.45) is -0.131. The van der Waals surface area contributed by atoms with E-state index in [1.54, 1.807) is 11.8 Å². The maximum absolute atomic E-state index is 13.2. The van der Waals surface area contributed by atoms with Gasteiger partial charge < -0.3 is 4.74 Å². The van der Waals surface area contributed by atoms with Crippen molar-refractivity contribution in [2.45, 2.75) is 53.4 Å². The lowest BCUT2D eigenvalue weighted by molar-refractivity contribution is -0.140. The number of amides is 1. The van der Waals surface area contributed by atoms with Crippen molar-refractivity contribution in [2.75, 3.05) is 5.75 Å². The van der Waals surface area contributed by atoms with Gasteiger partial charge in [-0.25, -0.2) is 0 Å². The number of carbonyl (C=O) groups excluding carboxylic acids is 1. The summed E-state index contributed by atoms with van der Waals surface area (Å²) in [5.74, 6) is 1.42. The Hall–Kier alpha value is -0.910. The van der Waals surface area contributed by atoms with Crippen LogP contribution in [0.1, 0.15) is 40.2 Å². The lowest BCUT2D eigenvalue weighted by Crippen LogP contribution is -2.47. The van der Waals surface area contributed by atoms with Gasteiger partial charge in [-0.05, 0) is 17.4 Å². The minimum absolute atomic E-state index is 0.0976. The molecule has 3 nitrogen and oxygen atoms in total. The van der Waals surface area contributed by atoms with Gasteiger partial charge in [0.1, 0.15) is 4.32 Å². The molecule has 1 fully saturated rings. The Balaban J connectivity index is 2.09. The maximum atomic E-state index is 13.2. The van der Waals surface area contributed by atoms with E-state index in [4.69, 9.17) is 17.0 Å². The highest BCUT2D eigenvalue weighted by Crippen LogP contribution is 2.32. The Morgan fingerprint density at radius 1 is 1.24 bits per heavy atom. The molecule has 3 atom stereocenters. The lowest BCUT2D eigenvalue weighted by atomic mass is 9.92. The fourth-order valence-electron chi connectivity index (χ4n) is 3.22. The van der Waals surface area contributed by atoms with E-state index in [2.05, 4.69) is 27.7 Å². The molecule has 1 aliphatic heterocycles. The molecule has 5 heteroatoms. The molecule has 0 spiro atoms. The van der Waals surface area contributed by atoms with Crippen LogP contribution in [0.3, 0.4) is 0 Å². The zero-order valence-electron chi connectivity index (χ0n) is 15.8. The molecule has 0 unspecified atom stereocenters. The van der Waals surface area contributed by atoms with Crippen LogP contribution in [-0.2, 0) is 16.1 Å². The Morgan fingerprint density at radius 3 is 2.44 bits per heavy atom.